The van der Waals surface area contributed by atoms with Crippen LogP contribution in [0.4, 0.5) is 0 Å². The molecule has 0 fully saturated rings. The molecule has 0 bridgehead atoms. The molecule has 4 rings (SSSR count). The van der Waals surface area contributed by atoms with Crippen molar-refractivity contribution in [3.05, 3.63) is 58.3 Å². The summed E-state index contributed by atoms with van der Waals surface area (Å²) < 4.78 is 15.5. The molecule has 0 aliphatic carbocycles. The Balaban J connectivity index is 1.43. The molecule has 2 N–H and O–H groups in total. The van der Waals surface area contributed by atoms with E-state index in [0.717, 1.165) is 0 Å². The lowest BCUT2D eigenvalue weighted by atomic mass is 10.2. The topological polar surface area (TPSA) is 119 Å². The number of amides is 1. The Morgan fingerprint density at radius 2 is 2.08 bits per heavy atom. The van der Waals surface area contributed by atoms with Gasteiger partial charge >= 0.3 is 0 Å². The van der Waals surface area contributed by atoms with Crippen LogP contribution in [0, 0.1) is 0 Å². The van der Waals surface area contributed by atoms with Crippen LogP contribution in [0.3, 0.4) is 0 Å². The van der Waals surface area contributed by atoms with Crippen molar-refractivity contribution in [1.29, 1.82) is 0 Å². The number of benzene rings is 1. The molecule has 0 spiro atoms. The minimum Gasteiger partial charge on any atom is -0.454 e. The van der Waals surface area contributed by atoms with E-state index >= 15 is 0 Å². The van der Waals surface area contributed by atoms with Crippen LogP contribution in [-0.2, 0) is 6.54 Å². The Kier molecular flexibility index (Phi) is 3.65. The SMILES string of the molecule is O=C(NCc1nc(-c2cc[nH]c(=O)c2)no1)c1ccc2c(c1)OCO2. The number of carbonyl (C=O) groups is 1. The molecule has 0 atom stereocenters. The molecule has 3 aromatic rings. The zero-order chi connectivity index (χ0) is 17.2. The van der Waals surface area contributed by atoms with Crippen LogP contribution < -0.4 is 20.3 Å². The number of ether oxygens (including phenoxy) is 2. The van der Waals surface area contributed by atoms with Crippen LogP contribution in [0.1, 0.15) is 16.2 Å². The Morgan fingerprint density at radius 3 is 2.96 bits per heavy atom. The molecule has 1 amide bonds. The summed E-state index contributed by atoms with van der Waals surface area (Å²) in [6, 6.07) is 7.93. The highest BCUT2D eigenvalue weighted by atomic mass is 16.7. The van der Waals surface area contributed by atoms with E-state index in [1.54, 1.807) is 24.3 Å². The fraction of sp³-hybridized carbons (Fsp3) is 0.125. The van der Waals surface area contributed by atoms with Crippen molar-refractivity contribution in [2.75, 3.05) is 6.79 Å². The van der Waals surface area contributed by atoms with E-state index in [0.29, 0.717) is 22.6 Å². The molecule has 9 nitrogen and oxygen atoms in total. The number of aromatic nitrogens is 3. The standard InChI is InChI=1S/C16H12N4O5/c21-13-6-9(3-4-17-13)15-19-14(25-20-15)7-18-16(22)10-1-2-11-12(5-10)24-8-23-11/h1-6H,7-8H2,(H,17,21)(H,18,22). The van der Waals surface area contributed by atoms with Crippen LogP contribution in [0.2, 0.25) is 0 Å². The minimum atomic E-state index is -0.311. The highest BCUT2D eigenvalue weighted by Crippen LogP contribution is 2.32. The summed E-state index contributed by atoms with van der Waals surface area (Å²) in [6.07, 6.45) is 1.50. The Labute approximate surface area is 140 Å². The fourth-order valence-corrected chi connectivity index (χ4v) is 2.32. The first-order valence-electron chi connectivity index (χ1n) is 7.38. The van der Waals surface area contributed by atoms with Crippen molar-refractivity contribution < 1.29 is 18.8 Å². The van der Waals surface area contributed by atoms with E-state index in [4.69, 9.17) is 14.0 Å². The summed E-state index contributed by atoms with van der Waals surface area (Å²) in [4.78, 5) is 30.2. The van der Waals surface area contributed by atoms with Gasteiger partial charge in [-0.2, -0.15) is 4.98 Å². The van der Waals surface area contributed by atoms with Gasteiger partial charge in [0.15, 0.2) is 11.5 Å². The number of carbonyl (C=O) groups excluding carboxylic acids is 1. The largest absolute Gasteiger partial charge is 0.454 e. The molecule has 1 aromatic carbocycles. The molecule has 0 saturated carbocycles. The quantitative estimate of drug-likeness (QED) is 0.729. The summed E-state index contributed by atoms with van der Waals surface area (Å²) in [5.74, 6) is 1.33. The maximum absolute atomic E-state index is 12.2. The zero-order valence-corrected chi connectivity index (χ0v) is 12.8. The van der Waals surface area contributed by atoms with Crippen molar-refractivity contribution in [2.45, 2.75) is 6.54 Å². The normalized spacial score (nSPS) is 12.2. The molecule has 9 heteroatoms. The number of pyridine rings is 1. The van der Waals surface area contributed by atoms with Crippen LogP contribution in [0.5, 0.6) is 11.5 Å². The highest BCUT2D eigenvalue weighted by molar-refractivity contribution is 5.94. The van der Waals surface area contributed by atoms with Gasteiger partial charge in [-0.15, -0.1) is 0 Å². The molecule has 1 aliphatic rings. The summed E-state index contributed by atoms with van der Waals surface area (Å²) >= 11 is 0. The number of aromatic amines is 1. The van der Waals surface area contributed by atoms with Crippen molar-refractivity contribution in [3.8, 4) is 22.9 Å². The van der Waals surface area contributed by atoms with Gasteiger partial charge in [-0.05, 0) is 24.3 Å². The highest BCUT2D eigenvalue weighted by Gasteiger charge is 2.17. The van der Waals surface area contributed by atoms with E-state index in [-0.39, 0.29) is 36.5 Å². The third kappa shape index (κ3) is 3.07. The second-order valence-corrected chi connectivity index (χ2v) is 5.20. The number of rotatable bonds is 4. The van der Waals surface area contributed by atoms with Crippen molar-refractivity contribution in [2.24, 2.45) is 0 Å². The lowest BCUT2D eigenvalue weighted by Crippen LogP contribution is -2.22. The van der Waals surface area contributed by atoms with Gasteiger partial charge in [0.25, 0.3) is 5.91 Å². The Bertz CT molecular complexity index is 994. The molecule has 3 heterocycles. The molecular weight excluding hydrogens is 328 g/mol. The molecule has 126 valence electrons. The molecule has 0 unspecified atom stereocenters. The van der Waals surface area contributed by atoms with Crippen LogP contribution in [0.25, 0.3) is 11.4 Å². The summed E-state index contributed by atoms with van der Waals surface area (Å²) in [5, 5.41) is 6.48. The fourth-order valence-electron chi connectivity index (χ4n) is 2.32. The molecule has 0 saturated heterocycles. The first-order valence-corrected chi connectivity index (χ1v) is 7.38. The Hall–Kier alpha value is -3.62. The predicted molar refractivity (Wildman–Crippen MR) is 84.1 cm³/mol. The minimum absolute atomic E-state index is 0.0590. The molecule has 0 radical (unpaired) electrons. The molecule has 2 aromatic heterocycles. The van der Waals surface area contributed by atoms with E-state index in [2.05, 4.69) is 20.4 Å². The number of nitrogens with zero attached hydrogens (tertiary/aromatic N) is 2. The molecule has 1 aliphatic heterocycles. The smallest absolute Gasteiger partial charge is 0.251 e. The van der Waals surface area contributed by atoms with Gasteiger partial charge < -0.3 is 24.3 Å². The van der Waals surface area contributed by atoms with E-state index < -0.39 is 0 Å². The first-order chi connectivity index (χ1) is 12.2. The second-order valence-electron chi connectivity index (χ2n) is 5.20. The predicted octanol–water partition coefficient (Wildman–Crippen LogP) is 1.08. The monoisotopic (exact) mass is 340 g/mol. The van der Waals surface area contributed by atoms with E-state index in [1.807, 2.05) is 0 Å². The number of nitrogens with one attached hydrogen (secondary N) is 2. The van der Waals surface area contributed by atoms with Crippen LogP contribution in [-0.4, -0.2) is 27.8 Å². The third-order valence-corrected chi connectivity index (χ3v) is 3.54. The third-order valence-electron chi connectivity index (χ3n) is 3.54. The summed E-state index contributed by atoms with van der Waals surface area (Å²) in [6.45, 7) is 0.205. The lowest BCUT2D eigenvalue weighted by Gasteiger charge is -2.03. The van der Waals surface area contributed by atoms with Gasteiger partial charge in [-0.3, -0.25) is 9.59 Å². The zero-order valence-electron chi connectivity index (χ0n) is 12.8. The average Bonchev–Trinajstić information content (AvgIpc) is 3.28. The number of H-pyrrole nitrogens is 1. The van der Waals surface area contributed by atoms with Crippen molar-refractivity contribution >= 4 is 5.91 Å². The van der Waals surface area contributed by atoms with Crippen molar-refractivity contribution in [1.82, 2.24) is 20.4 Å². The van der Waals surface area contributed by atoms with Gasteiger partial charge in [0.05, 0.1) is 6.54 Å². The lowest BCUT2D eigenvalue weighted by molar-refractivity contribution is 0.0946. The number of hydrogen-bond acceptors (Lipinski definition) is 7. The van der Waals surface area contributed by atoms with Gasteiger partial charge in [0.2, 0.25) is 24.1 Å². The maximum Gasteiger partial charge on any atom is 0.251 e. The van der Waals surface area contributed by atoms with E-state index in [9.17, 15) is 9.59 Å². The Morgan fingerprint density at radius 1 is 1.20 bits per heavy atom. The van der Waals surface area contributed by atoms with Gasteiger partial charge in [0, 0.05) is 23.4 Å². The van der Waals surface area contributed by atoms with Gasteiger partial charge in [-0.25, -0.2) is 0 Å². The van der Waals surface area contributed by atoms with Crippen LogP contribution in [0.15, 0.2) is 45.8 Å². The summed E-state index contributed by atoms with van der Waals surface area (Å²) in [7, 11) is 0. The van der Waals surface area contributed by atoms with Crippen LogP contribution >= 0.6 is 0 Å². The molecular formula is C16H12N4O5. The molecule has 25 heavy (non-hydrogen) atoms. The first kappa shape index (κ1) is 14.9. The second kappa shape index (κ2) is 6.11. The number of fused-ring (bicyclic) bond motifs is 1. The number of hydrogen-bond donors (Lipinski definition) is 2. The van der Waals surface area contributed by atoms with Crippen molar-refractivity contribution in [3.63, 3.8) is 0 Å². The summed E-state index contributed by atoms with van der Waals surface area (Å²) in [5.41, 5.74) is 0.694. The van der Waals surface area contributed by atoms with Gasteiger partial charge in [-0.1, -0.05) is 5.16 Å². The average molecular weight is 340 g/mol. The van der Waals surface area contributed by atoms with E-state index in [1.165, 1.54) is 12.3 Å². The van der Waals surface area contributed by atoms with Gasteiger partial charge in [0.1, 0.15) is 0 Å². The maximum atomic E-state index is 12.2.